The molecule has 3 heteroatoms. The maximum Gasteiger partial charge on any atom is 0.115 e. The summed E-state index contributed by atoms with van der Waals surface area (Å²) in [6.07, 6.45) is 4.19. The highest BCUT2D eigenvalue weighted by Gasteiger charge is 1.90. The zero-order valence-corrected chi connectivity index (χ0v) is 7.75. The molecule has 0 spiro atoms. The molecule has 13 heavy (non-hydrogen) atoms. The van der Waals surface area contributed by atoms with Gasteiger partial charge >= 0.3 is 0 Å². The number of hydrogen-bond donors (Lipinski definition) is 1. The predicted molar refractivity (Wildman–Crippen MR) is 51.8 cm³/mol. The third-order valence-electron chi connectivity index (χ3n) is 1.55. The summed E-state index contributed by atoms with van der Waals surface area (Å²) >= 11 is 0. The van der Waals surface area contributed by atoms with Gasteiger partial charge in [-0.1, -0.05) is 0 Å². The Morgan fingerprint density at radius 2 is 2.46 bits per heavy atom. The van der Waals surface area contributed by atoms with E-state index in [0.29, 0.717) is 0 Å². The van der Waals surface area contributed by atoms with Crippen LogP contribution in [0.3, 0.4) is 0 Å². The highest BCUT2D eigenvalue weighted by Crippen LogP contribution is 1.88. The minimum atomic E-state index is 0.786. The van der Waals surface area contributed by atoms with Crippen molar-refractivity contribution in [1.29, 1.82) is 0 Å². The molecular weight excluding hydrogens is 162 g/mol. The largest absolute Gasteiger partial charge is 0.310 e. The van der Waals surface area contributed by atoms with Crippen molar-refractivity contribution < 1.29 is 0 Å². The lowest BCUT2D eigenvalue weighted by atomic mass is 10.4. The lowest BCUT2D eigenvalue weighted by Crippen LogP contribution is -2.14. The molecule has 3 nitrogen and oxygen atoms in total. The number of rotatable bonds is 4. The van der Waals surface area contributed by atoms with E-state index >= 15 is 0 Å². The monoisotopic (exact) mass is 175 g/mol. The summed E-state index contributed by atoms with van der Waals surface area (Å²) < 4.78 is 0. The fourth-order valence-electron chi connectivity index (χ4n) is 0.915. The Labute approximate surface area is 78.6 Å². The molecule has 0 aliphatic carbocycles. The molecule has 0 aliphatic rings. The van der Waals surface area contributed by atoms with Crippen LogP contribution in [0.25, 0.3) is 0 Å². The minimum absolute atomic E-state index is 0.786. The molecule has 0 saturated heterocycles. The quantitative estimate of drug-likeness (QED) is 0.547. The van der Waals surface area contributed by atoms with Gasteiger partial charge in [0.2, 0.25) is 0 Å². The fourth-order valence-corrected chi connectivity index (χ4v) is 0.915. The summed E-state index contributed by atoms with van der Waals surface area (Å²) in [7, 11) is 0. The first kappa shape index (κ1) is 9.69. The van der Waals surface area contributed by atoms with Crippen LogP contribution in [-0.4, -0.2) is 16.5 Å². The van der Waals surface area contributed by atoms with Gasteiger partial charge in [-0.3, -0.25) is 0 Å². The second kappa shape index (κ2) is 6.15. The number of hydrogen-bond acceptors (Lipinski definition) is 3. The SMILES string of the molecule is CC#CCCNCc1ccncn1. The highest BCUT2D eigenvalue weighted by molar-refractivity contribution is 4.98. The lowest BCUT2D eigenvalue weighted by molar-refractivity contribution is 0.685. The zero-order valence-electron chi connectivity index (χ0n) is 7.75. The number of nitrogens with one attached hydrogen (secondary N) is 1. The smallest absolute Gasteiger partial charge is 0.115 e. The topological polar surface area (TPSA) is 37.8 Å². The van der Waals surface area contributed by atoms with E-state index in [4.69, 9.17) is 0 Å². The van der Waals surface area contributed by atoms with Crippen molar-refractivity contribution in [3.63, 3.8) is 0 Å². The first-order valence-corrected chi connectivity index (χ1v) is 4.28. The maximum atomic E-state index is 4.09. The van der Waals surface area contributed by atoms with Crippen molar-refractivity contribution in [2.24, 2.45) is 0 Å². The van der Waals surface area contributed by atoms with E-state index in [-0.39, 0.29) is 0 Å². The van der Waals surface area contributed by atoms with E-state index in [2.05, 4.69) is 27.1 Å². The van der Waals surface area contributed by atoms with Crippen LogP contribution in [0.2, 0.25) is 0 Å². The summed E-state index contributed by atoms with van der Waals surface area (Å²) in [6.45, 7) is 3.54. The molecule has 0 fully saturated rings. The van der Waals surface area contributed by atoms with Gasteiger partial charge in [-0.2, -0.15) is 0 Å². The average Bonchev–Trinajstić information content (AvgIpc) is 2.19. The fraction of sp³-hybridized carbons (Fsp3) is 0.400. The van der Waals surface area contributed by atoms with Crippen LogP contribution in [-0.2, 0) is 6.54 Å². The summed E-state index contributed by atoms with van der Waals surface area (Å²) in [5.74, 6) is 5.84. The summed E-state index contributed by atoms with van der Waals surface area (Å²) in [4.78, 5) is 7.93. The molecular formula is C10H13N3. The third kappa shape index (κ3) is 4.24. The van der Waals surface area contributed by atoms with E-state index < -0.39 is 0 Å². The van der Waals surface area contributed by atoms with Crippen molar-refractivity contribution >= 4 is 0 Å². The summed E-state index contributed by atoms with van der Waals surface area (Å²) in [5, 5.41) is 3.24. The van der Waals surface area contributed by atoms with Gasteiger partial charge in [0.15, 0.2) is 0 Å². The van der Waals surface area contributed by atoms with Crippen LogP contribution in [0.15, 0.2) is 18.6 Å². The maximum absolute atomic E-state index is 4.09. The molecule has 0 bridgehead atoms. The van der Waals surface area contributed by atoms with Crippen LogP contribution in [0.5, 0.6) is 0 Å². The Bertz CT molecular complexity index is 284. The van der Waals surface area contributed by atoms with Gasteiger partial charge in [0.25, 0.3) is 0 Å². The van der Waals surface area contributed by atoms with E-state index in [9.17, 15) is 0 Å². The van der Waals surface area contributed by atoms with Crippen LogP contribution >= 0.6 is 0 Å². The molecule has 0 saturated carbocycles. The van der Waals surface area contributed by atoms with Gasteiger partial charge in [0.1, 0.15) is 6.33 Å². The Hall–Kier alpha value is -1.40. The first-order valence-electron chi connectivity index (χ1n) is 4.28. The van der Waals surface area contributed by atoms with Gasteiger partial charge < -0.3 is 5.32 Å². The Balaban J connectivity index is 2.16. The molecule has 1 aromatic rings. The zero-order chi connectivity index (χ0) is 9.36. The summed E-state index contributed by atoms with van der Waals surface area (Å²) in [5.41, 5.74) is 1.01. The second-order valence-electron chi connectivity index (χ2n) is 2.55. The molecule has 0 unspecified atom stereocenters. The van der Waals surface area contributed by atoms with Crippen LogP contribution in [0.4, 0.5) is 0 Å². The third-order valence-corrected chi connectivity index (χ3v) is 1.55. The molecule has 0 amide bonds. The standard InChI is InChI=1S/C10H13N3/c1-2-3-4-6-11-8-10-5-7-12-9-13-10/h5,7,9,11H,4,6,8H2,1H3. The van der Waals surface area contributed by atoms with Gasteiger partial charge in [-0.15, -0.1) is 11.8 Å². The van der Waals surface area contributed by atoms with E-state index in [0.717, 1.165) is 25.2 Å². The number of nitrogens with zero attached hydrogens (tertiary/aromatic N) is 2. The molecule has 0 atom stereocenters. The van der Waals surface area contributed by atoms with E-state index in [1.165, 1.54) is 0 Å². The average molecular weight is 175 g/mol. The van der Waals surface area contributed by atoms with Gasteiger partial charge in [-0.25, -0.2) is 9.97 Å². The van der Waals surface area contributed by atoms with Crippen LogP contribution in [0, 0.1) is 11.8 Å². The van der Waals surface area contributed by atoms with Crippen LogP contribution < -0.4 is 5.32 Å². The van der Waals surface area contributed by atoms with Crippen molar-refractivity contribution in [3.8, 4) is 11.8 Å². The molecule has 1 N–H and O–H groups in total. The van der Waals surface area contributed by atoms with Crippen molar-refractivity contribution in [1.82, 2.24) is 15.3 Å². The van der Waals surface area contributed by atoms with Crippen molar-refractivity contribution in [2.75, 3.05) is 6.54 Å². The molecule has 68 valence electrons. The van der Waals surface area contributed by atoms with Crippen molar-refractivity contribution in [2.45, 2.75) is 19.9 Å². The van der Waals surface area contributed by atoms with Crippen LogP contribution in [0.1, 0.15) is 19.0 Å². The Morgan fingerprint density at radius 3 is 3.15 bits per heavy atom. The van der Waals surface area contributed by atoms with E-state index in [1.54, 1.807) is 12.5 Å². The molecule has 0 radical (unpaired) electrons. The van der Waals surface area contributed by atoms with E-state index in [1.807, 2.05) is 13.0 Å². The molecule has 1 heterocycles. The predicted octanol–water partition coefficient (Wildman–Crippen LogP) is 0.980. The minimum Gasteiger partial charge on any atom is -0.310 e. The second-order valence-corrected chi connectivity index (χ2v) is 2.55. The highest BCUT2D eigenvalue weighted by atomic mass is 14.9. The lowest BCUT2D eigenvalue weighted by Gasteiger charge is -1.99. The van der Waals surface area contributed by atoms with Gasteiger partial charge in [0, 0.05) is 25.7 Å². The van der Waals surface area contributed by atoms with Gasteiger partial charge in [-0.05, 0) is 13.0 Å². The van der Waals surface area contributed by atoms with Gasteiger partial charge in [0.05, 0.1) is 5.69 Å². The molecule has 0 aromatic carbocycles. The normalized spacial score (nSPS) is 9.00. The number of aromatic nitrogens is 2. The Morgan fingerprint density at radius 1 is 1.54 bits per heavy atom. The molecule has 0 aliphatic heterocycles. The first-order chi connectivity index (χ1) is 6.43. The molecule has 1 aromatic heterocycles. The molecule has 1 rings (SSSR count). The van der Waals surface area contributed by atoms with Crippen molar-refractivity contribution in [3.05, 3.63) is 24.3 Å². The summed E-state index contributed by atoms with van der Waals surface area (Å²) in [6, 6.07) is 1.90. The Kier molecular flexibility index (Phi) is 4.58.